The molecule has 1 aliphatic heterocycles. The Labute approximate surface area is 44.3 Å². The van der Waals surface area contributed by atoms with E-state index in [0.29, 0.717) is 0 Å². The van der Waals surface area contributed by atoms with Gasteiger partial charge in [0.2, 0.25) is 0 Å². The molecule has 0 saturated carbocycles. The van der Waals surface area contributed by atoms with Crippen molar-refractivity contribution < 1.29 is 12.8 Å². The van der Waals surface area contributed by atoms with E-state index in [4.69, 9.17) is 4.89 Å². The molecular formula is HO3PS2. The van der Waals surface area contributed by atoms with Crippen LogP contribution in [0.1, 0.15) is 0 Å². The normalized spacial score (nSPS) is 28.8. The van der Waals surface area contributed by atoms with Crippen molar-refractivity contribution in [2.75, 3.05) is 0 Å². The van der Waals surface area contributed by atoms with E-state index in [0.717, 1.165) is 12.3 Å². The quantitative estimate of drug-likeness (QED) is 0.402. The summed E-state index contributed by atoms with van der Waals surface area (Å²) >= 11 is 5.01. The van der Waals surface area contributed by atoms with Crippen LogP contribution in [0.15, 0.2) is 0 Å². The van der Waals surface area contributed by atoms with E-state index in [1.54, 1.807) is 0 Å². The third kappa shape index (κ3) is 0.932. The lowest BCUT2D eigenvalue weighted by Crippen LogP contribution is -1.91. The van der Waals surface area contributed by atoms with Crippen molar-refractivity contribution in [2.45, 2.75) is 0 Å². The number of hydrogen-bond donors (Lipinski definition) is 1. The fourth-order valence-electron chi connectivity index (χ4n) is 0.0825. The van der Waals surface area contributed by atoms with E-state index in [1.165, 1.54) is 0 Å². The second-order valence-electron chi connectivity index (χ2n) is 0.686. The fraction of sp³-hybridized carbons (Fsp3) is 0. The minimum absolute atomic E-state index is 0.739. The van der Waals surface area contributed by atoms with Crippen LogP contribution in [-0.2, 0) is 19.7 Å². The molecule has 1 saturated heterocycles. The molecule has 1 rings (SSSR count). The van der Waals surface area contributed by atoms with Gasteiger partial charge in [0.25, 0.3) is 0 Å². The van der Waals surface area contributed by atoms with Crippen molar-refractivity contribution in [1.82, 2.24) is 0 Å². The molecule has 0 aliphatic carbocycles. The third-order valence-corrected chi connectivity index (χ3v) is 3.34. The fourth-order valence-corrected chi connectivity index (χ4v) is 1.19. The lowest BCUT2D eigenvalue weighted by molar-refractivity contribution is 0.354. The largest absolute Gasteiger partial charge is 0.351 e. The molecule has 0 amide bonds. The first-order valence-corrected chi connectivity index (χ1v) is 4.34. The van der Waals surface area contributed by atoms with Gasteiger partial charge in [-0.25, -0.2) is 7.94 Å². The summed E-state index contributed by atoms with van der Waals surface area (Å²) in [5.74, 6) is 0. The van der Waals surface area contributed by atoms with E-state index in [2.05, 4.69) is 19.7 Å². The van der Waals surface area contributed by atoms with Gasteiger partial charge in [-0.1, -0.05) is 0 Å². The van der Waals surface area contributed by atoms with Crippen molar-refractivity contribution in [2.24, 2.45) is 0 Å². The van der Waals surface area contributed by atoms with E-state index >= 15 is 0 Å². The Bertz CT molecular complexity index is 91.0. The Morgan fingerprint density at radius 1 is 1.67 bits per heavy atom. The Morgan fingerprint density at radius 3 is 2.00 bits per heavy atom. The van der Waals surface area contributed by atoms with Crippen molar-refractivity contribution in [3.05, 3.63) is 0 Å². The Hall–Kier alpha value is 0.880. The predicted molar refractivity (Wildman–Crippen MR) is 26.3 cm³/mol. The van der Waals surface area contributed by atoms with Gasteiger partial charge in [-0.05, 0) is 11.8 Å². The molecule has 1 heterocycles. The Balaban J connectivity index is 2.53. The van der Waals surface area contributed by atoms with Crippen LogP contribution < -0.4 is 0 Å². The van der Waals surface area contributed by atoms with Crippen LogP contribution in [0, 0.1) is 0 Å². The zero-order valence-electron chi connectivity index (χ0n) is 2.53. The molecule has 3 nitrogen and oxygen atoms in total. The van der Waals surface area contributed by atoms with Gasteiger partial charge in [0.05, 0.1) is 0 Å². The Kier molecular flexibility index (Phi) is 1.20. The lowest BCUT2D eigenvalue weighted by atomic mass is 15.7. The minimum atomic E-state index is -2.67. The number of rotatable bonds is 0. The second-order valence-corrected chi connectivity index (χ2v) is 4.34. The molecule has 0 aromatic carbocycles. The van der Waals surface area contributed by atoms with Gasteiger partial charge in [-0.15, -0.1) is 0 Å². The van der Waals surface area contributed by atoms with Crippen LogP contribution in [0.3, 0.4) is 0 Å². The first-order valence-electron chi connectivity index (χ1n) is 1.08. The maximum atomic E-state index is 8.37. The standard InChI is InChI=1S/HO3PS2/c1-4(5)2-6-3-4/h(H,1,5). The molecule has 0 radical (unpaired) electrons. The van der Waals surface area contributed by atoms with Crippen molar-refractivity contribution >= 4 is 30.8 Å². The minimum Gasteiger partial charge on any atom is -0.323 e. The zero-order chi connectivity index (χ0) is 4.62. The van der Waals surface area contributed by atoms with Crippen molar-refractivity contribution in [1.29, 1.82) is 0 Å². The van der Waals surface area contributed by atoms with E-state index in [-0.39, 0.29) is 0 Å². The molecule has 36 valence electrons. The van der Waals surface area contributed by atoms with E-state index in [1.807, 2.05) is 0 Å². The van der Waals surface area contributed by atoms with Crippen LogP contribution in [0.2, 0.25) is 0 Å². The summed E-state index contributed by atoms with van der Waals surface area (Å²) in [6.07, 6.45) is 0. The van der Waals surface area contributed by atoms with Crippen molar-refractivity contribution in [3.8, 4) is 0 Å². The third-order valence-electron chi connectivity index (χ3n) is 0.249. The molecule has 0 aromatic heterocycles. The summed E-state index contributed by atoms with van der Waals surface area (Å²) in [6, 6.07) is 0. The van der Waals surface area contributed by atoms with E-state index in [9.17, 15) is 0 Å². The summed E-state index contributed by atoms with van der Waals surface area (Å²) < 4.78 is 8.59. The average molecular weight is 144 g/mol. The van der Waals surface area contributed by atoms with Crippen molar-refractivity contribution in [3.63, 3.8) is 0 Å². The maximum Gasteiger partial charge on any atom is 0.351 e. The summed E-state index contributed by atoms with van der Waals surface area (Å²) in [4.78, 5) is 8.37. The SMILES string of the molecule is OP1(=S)OSO1. The molecular weight excluding hydrogens is 143 g/mol. The van der Waals surface area contributed by atoms with Gasteiger partial charge in [0.1, 0.15) is 0 Å². The highest BCUT2D eigenvalue weighted by atomic mass is 32.5. The topological polar surface area (TPSA) is 38.7 Å². The van der Waals surface area contributed by atoms with Gasteiger partial charge in [0, 0.05) is 0 Å². The average Bonchev–Trinajstić information content (AvgIpc) is 1.32. The summed E-state index contributed by atoms with van der Waals surface area (Å²) in [5, 5.41) is 0. The first-order chi connectivity index (χ1) is 2.71. The zero-order valence-corrected chi connectivity index (χ0v) is 5.05. The van der Waals surface area contributed by atoms with Crippen LogP contribution in [0.25, 0.3) is 0 Å². The van der Waals surface area contributed by atoms with Gasteiger partial charge in [-0.2, -0.15) is 0 Å². The summed E-state index contributed by atoms with van der Waals surface area (Å²) in [7, 11) is 0. The molecule has 0 spiro atoms. The van der Waals surface area contributed by atoms with Crippen LogP contribution >= 0.6 is 19.0 Å². The van der Waals surface area contributed by atoms with Gasteiger partial charge in [-0.3, -0.25) is 0 Å². The van der Waals surface area contributed by atoms with Gasteiger partial charge in [0.15, 0.2) is 12.3 Å². The predicted octanol–water partition coefficient (Wildman–Crippen LogP) is 0.813. The maximum absolute atomic E-state index is 8.37. The van der Waals surface area contributed by atoms with Crippen LogP contribution in [0.5, 0.6) is 0 Å². The molecule has 6 heavy (non-hydrogen) atoms. The second kappa shape index (κ2) is 1.43. The molecule has 0 bridgehead atoms. The highest BCUT2D eigenvalue weighted by Crippen LogP contribution is 2.61. The Morgan fingerprint density at radius 2 is 2.00 bits per heavy atom. The highest BCUT2D eigenvalue weighted by molar-refractivity contribution is 8.19. The molecule has 0 aromatic rings. The first kappa shape index (κ1) is 5.03. The molecule has 1 fully saturated rings. The highest BCUT2D eigenvalue weighted by Gasteiger charge is 2.27. The smallest absolute Gasteiger partial charge is 0.323 e. The molecule has 1 N–H and O–H groups in total. The number of hydrogen-bond acceptors (Lipinski definition) is 4. The van der Waals surface area contributed by atoms with Crippen LogP contribution in [-0.4, -0.2) is 4.89 Å². The molecule has 0 unspecified atom stereocenters. The monoisotopic (exact) mass is 144 g/mol. The lowest BCUT2D eigenvalue weighted by Gasteiger charge is -2.18. The molecule has 0 atom stereocenters. The summed E-state index contributed by atoms with van der Waals surface area (Å²) in [5.41, 5.74) is 0. The summed E-state index contributed by atoms with van der Waals surface area (Å²) in [6.45, 7) is -2.67. The van der Waals surface area contributed by atoms with Gasteiger partial charge < -0.3 is 4.89 Å². The van der Waals surface area contributed by atoms with E-state index < -0.39 is 6.72 Å². The molecule has 6 heteroatoms. The van der Waals surface area contributed by atoms with Crippen LogP contribution in [0.4, 0.5) is 0 Å². The molecule has 1 aliphatic rings. The van der Waals surface area contributed by atoms with Gasteiger partial charge >= 0.3 is 6.72 Å².